The summed E-state index contributed by atoms with van der Waals surface area (Å²) < 4.78 is 0. The number of hydrogen-bond acceptors (Lipinski definition) is 3. The van der Waals surface area contributed by atoms with Gasteiger partial charge in [0.05, 0.1) is 0 Å². The average molecular weight is 267 g/mol. The molecule has 1 aliphatic heterocycles. The van der Waals surface area contributed by atoms with E-state index in [-0.39, 0.29) is 11.8 Å². The molecule has 0 bridgehead atoms. The average Bonchev–Trinajstić information content (AvgIpc) is 2.46. The largest absolute Gasteiger partial charge is 0.339 e. The first-order chi connectivity index (χ1) is 9.11. The predicted octanol–water partition coefficient (Wildman–Crippen LogP) is 0.442. The normalized spacial score (nSPS) is 28.3. The lowest BCUT2D eigenvalue weighted by atomic mass is 9.81. The van der Waals surface area contributed by atoms with Gasteiger partial charge in [0, 0.05) is 39.0 Å². The Kier molecular flexibility index (Phi) is 4.80. The van der Waals surface area contributed by atoms with Gasteiger partial charge in [-0.3, -0.25) is 9.59 Å². The molecule has 5 heteroatoms. The molecule has 0 aromatic rings. The molecular formula is C14H25N3O2. The quantitative estimate of drug-likeness (QED) is 0.789. The van der Waals surface area contributed by atoms with E-state index in [0.29, 0.717) is 38.0 Å². The van der Waals surface area contributed by atoms with Gasteiger partial charge in [0.25, 0.3) is 0 Å². The van der Waals surface area contributed by atoms with Gasteiger partial charge in [-0.05, 0) is 38.1 Å². The predicted molar refractivity (Wildman–Crippen MR) is 73.3 cm³/mol. The van der Waals surface area contributed by atoms with E-state index >= 15 is 0 Å². The molecule has 19 heavy (non-hydrogen) atoms. The van der Waals surface area contributed by atoms with E-state index in [9.17, 15) is 9.59 Å². The Balaban J connectivity index is 1.80. The van der Waals surface area contributed by atoms with Gasteiger partial charge in [-0.25, -0.2) is 0 Å². The van der Waals surface area contributed by atoms with Crippen molar-refractivity contribution in [1.82, 2.24) is 9.80 Å². The molecule has 5 nitrogen and oxygen atoms in total. The molecule has 2 fully saturated rings. The highest BCUT2D eigenvalue weighted by Crippen LogP contribution is 2.29. The minimum atomic E-state index is 0.107. The van der Waals surface area contributed by atoms with Gasteiger partial charge in [0.1, 0.15) is 0 Å². The van der Waals surface area contributed by atoms with Crippen LogP contribution in [0.2, 0.25) is 0 Å². The zero-order chi connectivity index (χ0) is 13.8. The number of piperazine rings is 1. The molecule has 1 saturated heterocycles. The van der Waals surface area contributed by atoms with Crippen molar-refractivity contribution in [2.75, 3.05) is 32.7 Å². The van der Waals surface area contributed by atoms with Crippen molar-refractivity contribution in [2.24, 2.45) is 17.6 Å². The summed E-state index contributed by atoms with van der Waals surface area (Å²) in [6.07, 6.45) is 4.13. The van der Waals surface area contributed by atoms with E-state index in [0.717, 1.165) is 32.2 Å². The van der Waals surface area contributed by atoms with Crippen LogP contribution in [0.3, 0.4) is 0 Å². The highest BCUT2D eigenvalue weighted by Gasteiger charge is 2.30. The second kappa shape index (κ2) is 6.37. The summed E-state index contributed by atoms with van der Waals surface area (Å²) in [7, 11) is 0. The van der Waals surface area contributed by atoms with E-state index in [4.69, 9.17) is 5.73 Å². The van der Waals surface area contributed by atoms with Crippen molar-refractivity contribution >= 4 is 11.8 Å². The summed E-state index contributed by atoms with van der Waals surface area (Å²) in [5, 5.41) is 0. The molecule has 0 spiro atoms. The van der Waals surface area contributed by atoms with Crippen molar-refractivity contribution in [1.29, 1.82) is 0 Å². The minimum absolute atomic E-state index is 0.107. The molecule has 0 atom stereocenters. The maximum atomic E-state index is 12.4. The Morgan fingerprint density at radius 3 is 2.00 bits per heavy atom. The Labute approximate surface area is 115 Å². The fourth-order valence-corrected chi connectivity index (χ4v) is 3.15. The lowest BCUT2D eigenvalue weighted by Crippen LogP contribution is -2.51. The molecule has 0 aromatic heterocycles. The molecule has 0 aromatic carbocycles. The summed E-state index contributed by atoms with van der Waals surface area (Å²) >= 11 is 0. The molecule has 2 rings (SSSR count). The van der Waals surface area contributed by atoms with Crippen molar-refractivity contribution in [3.05, 3.63) is 0 Å². The van der Waals surface area contributed by atoms with E-state index in [1.807, 2.05) is 9.80 Å². The Hall–Kier alpha value is -1.10. The number of hydrogen-bond donors (Lipinski definition) is 1. The van der Waals surface area contributed by atoms with Gasteiger partial charge in [-0.15, -0.1) is 0 Å². The van der Waals surface area contributed by atoms with Gasteiger partial charge in [-0.2, -0.15) is 0 Å². The second-order valence-corrected chi connectivity index (χ2v) is 5.78. The lowest BCUT2D eigenvalue weighted by Gasteiger charge is -2.37. The third-order valence-electron chi connectivity index (χ3n) is 4.57. The molecule has 1 saturated carbocycles. The van der Waals surface area contributed by atoms with Gasteiger partial charge in [0.2, 0.25) is 11.8 Å². The van der Waals surface area contributed by atoms with Crippen LogP contribution in [0.25, 0.3) is 0 Å². The Morgan fingerprint density at radius 1 is 1.00 bits per heavy atom. The number of rotatable bonds is 2. The molecule has 1 aliphatic carbocycles. The molecule has 0 unspecified atom stereocenters. The standard InChI is InChI=1S/C14H25N3O2/c1-11(18)16-6-8-17(9-7-16)14(19)13-4-2-12(10-15)3-5-13/h12-13H,2-10,15H2,1H3/t12-,13-. The maximum absolute atomic E-state index is 12.4. The number of nitrogens with two attached hydrogens (primary N) is 1. The Morgan fingerprint density at radius 2 is 1.53 bits per heavy atom. The molecule has 2 amide bonds. The van der Waals surface area contributed by atoms with Crippen LogP contribution in [0, 0.1) is 11.8 Å². The third kappa shape index (κ3) is 3.47. The van der Waals surface area contributed by atoms with Crippen molar-refractivity contribution < 1.29 is 9.59 Å². The van der Waals surface area contributed by atoms with Crippen LogP contribution >= 0.6 is 0 Å². The molecule has 1 heterocycles. The van der Waals surface area contributed by atoms with Crippen LogP contribution in [0.1, 0.15) is 32.6 Å². The second-order valence-electron chi connectivity index (χ2n) is 5.78. The van der Waals surface area contributed by atoms with E-state index < -0.39 is 0 Å². The minimum Gasteiger partial charge on any atom is -0.339 e. The first-order valence-electron chi connectivity index (χ1n) is 7.36. The summed E-state index contributed by atoms with van der Waals surface area (Å²) in [6, 6.07) is 0. The molecule has 0 radical (unpaired) electrons. The van der Waals surface area contributed by atoms with E-state index in [1.54, 1.807) is 6.92 Å². The number of carbonyl (C=O) groups is 2. The number of carbonyl (C=O) groups excluding carboxylic acids is 2. The topological polar surface area (TPSA) is 66.6 Å². The van der Waals surface area contributed by atoms with Crippen molar-refractivity contribution in [3.8, 4) is 0 Å². The zero-order valence-electron chi connectivity index (χ0n) is 11.8. The molecule has 108 valence electrons. The van der Waals surface area contributed by atoms with Crippen LogP contribution in [-0.2, 0) is 9.59 Å². The molecule has 2 N–H and O–H groups in total. The summed E-state index contributed by atoms with van der Waals surface area (Å²) in [5.41, 5.74) is 5.68. The summed E-state index contributed by atoms with van der Waals surface area (Å²) in [6.45, 7) is 5.08. The van der Waals surface area contributed by atoms with Crippen molar-refractivity contribution in [2.45, 2.75) is 32.6 Å². The third-order valence-corrected chi connectivity index (χ3v) is 4.57. The van der Waals surface area contributed by atoms with Crippen LogP contribution < -0.4 is 5.73 Å². The van der Waals surface area contributed by atoms with Crippen molar-refractivity contribution in [3.63, 3.8) is 0 Å². The van der Waals surface area contributed by atoms with Crippen LogP contribution in [0.5, 0.6) is 0 Å². The monoisotopic (exact) mass is 267 g/mol. The maximum Gasteiger partial charge on any atom is 0.225 e. The molecular weight excluding hydrogens is 242 g/mol. The van der Waals surface area contributed by atoms with Gasteiger partial charge in [-0.1, -0.05) is 0 Å². The van der Waals surface area contributed by atoms with E-state index in [2.05, 4.69) is 0 Å². The van der Waals surface area contributed by atoms with Gasteiger partial charge >= 0.3 is 0 Å². The SMILES string of the molecule is CC(=O)N1CCN(C(=O)[C@H]2CC[C@H](CN)CC2)CC1. The van der Waals surface area contributed by atoms with E-state index in [1.165, 1.54) is 0 Å². The zero-order valence-corrected chi connectivity index (χ0v) is 11.8. The summed E-state index contributed by atoms with van der Waals surface area (Å²) in [4.78, 5) is 27.4. The fourth-order valence-electron chi connectivity index (χ4n) is 3.15. The van der Waals surface area contributed by atoms with Crippen LogP contribution in [0.4, 0.5) is 0 Å². The first-order valence-corrected chi connectivity index (χ1v) is 7.36. The Bertz CT molecular complexity index is 330. The first kappa shape index (κ1) is 14.3. The highest BCUT2D eigenvalue weighted by atomic mass is 16.2. The fraction of sp³-hybridized carbons (Fsp3) is 0.857. The van der Waals surface area contributed by atoms with Gasteiger partial charge in [0.15, 0.2) is 0 Å². The number of nitrogens with zero attached hydrogens (tertiary/aromatic N) is 2. The smallest absolute Gasteiger partial charge is 0.225 e. The number of amides is 2. The highest BCUT2D eigenvalue weighted by molar-refractivity contribution is 5.79. The lowest BCUT2D eigenvalue weighted by molar-refractivity contribution is -0.142. The molecule has 2 aliphatic rings. The van der Waals surface area contributed by atoms with Crippen LogP contribution in [-0.4, -0.2) is 54.3 Å². The van der Waals surface area contributed by atoms with Gasteiger partial charge < -0.3 is 15.5 Å². The summed E-state index contributed by atoms with van der Waals surface area (Å²) in [5.74, 6) is 1.19. The van der Waals surface area contributed by atoms with Crippen LogP contribution in [0.15, 0.2) is 0 Å².